The lowest BCUT2D eigenvalue weighted by atomic mass is 10.0. The second-order valence-electron chi connectivity index (χ2n) is 5.79. The van der Waals surface area contributed by atoms with Crippen molar-refractivity contribution in [3.63, 3.8) is 0 Å². The summed E-state index contributed by atoms with van der Waals surface area (Å²) in [4.78, 5) is 0. The van der Waals surface area contributed by atoms with Crippen LogP contribution in [0.4, 0.5) is 0 Å². The van der Waals surface area contributed by atoms with Crippen molar-refractivity contribution < 1.29 is 18.3 Å². The summed E-state index contributed by atoms with van der Waals surface area (Å²) in [6.07, 6.45) is 1.13. The molecule has 0 saturated carbocycles. The Labute approximate surface area is 126 Å². The number of hydrogen-bond donors (Lipinski definition) is 3. The van der Waals surface area contributed by atoms with Crippen molar-refractivity contribution in [3.05, 3.63) is 23.8 Å². The molecule has 0 bridgehead atoms. The van der Waals surface area contributed by atoms with Gasteiger partial charge in [0.05, 0.1) is 13.4 Å². The minimum absolute atomic E-state index is 0.152. The number of methoxy groups -OCH3 is 1. The van der Waals surface area contributed by atoms with Crippen LogP contribution in [0.5, 0.6) is 11.5 Å². The van der Waals surface area contributed by atoms with Gasteiger partial charge in [0.2, 0.25) is 10.0 Å². The van der Waals surface area contributed by atoms with Crippen LogP contribution in [0.1, 0.15) is 32.4 Å². The van der Waals surface area contributed by atoms with Crippen LogP contribution in [-0.2, 0) is 10.0 Å². The smallest absolute Gasteiger partial charge is 0.209 e. The Bertz CT molecular complexity index is 585. The molecule has 1 atom stereocenters. The van der Waals surface area contributed by atoms with Gasteiger partial charge in [-0.15, -0.1) is 0 Å². The van der Waals surface area contributed by atoms with Crippen molar-refractivity contribution in [2.45, 2.75) is 32.4 Å². The quantitative estimate of drug-likeness (QED) is 0.707. The molecule has 1 aromatic carbocycles. The predicted octanol–water partition coefficient (Wildman–Crippen LogP) is 1.38. The third-order valence-electron chi connectivity index (χ3n) is 3.01. The zero-order valence-electron chi connectivity index (χ0n) is 13.1. The number of aromatic hydroxyl groups is 1. The largest absolute Gasteiger partial charge is 0.508 e. The van der Waals surface area contributed by atoms with Crippen molar-refractivity contribution in [3.8, 4) is 11.5 Å². The fourth-order valence-electron chi connectivity index (χ4n) is 2.06. The van der Waals surface area contributed by atoms with E-state index in [2.05, 4.69) is 10.0 Å². The van der Waals surface area contributed by atoms with Gasteiger partial charge in [0.25, 0.3) is 0 Å². The molecular formula is C14H24N2O4S. The molecule has 0 aromatic heterocycles. The SMILES string of the molecule is COc1ccc(O)c(C(C)NCC(C)(C)NS(C)(=O)=O)c1. The first-order valence-electron chi connectivity index (χ1n) is 6.63. The maximum absolute atomic E-state index is 11.3. The second kappa shape index (κ2) is 6.64. The van der Waals surface area contributed by atoms with E-state index in [1.807, 2.05) is 6.92 Å². The van der Waals surface area contributed by atoms with Crippen LogP contribution < -0.4 is 14.8 Å². The van der Waals surface area contributed by atoms with Crippen LogP contribution >= 0.6 is 0 Å². The number of phenolic OH excluding ortho intramolecular Hbond substituents is 1. The summed E-state index contributed by atoms with van der Waals surface area (Å²) in [5.74, 6) is 0.828. The molecule has 0 aliphatic rings. The highest BCUT2D eigenvalue weighted by atomic mass is 32.2. The number of nitrogens with one attached hydrogen (secondary N) is 2. The fourth-order valence-corrected chi connectivity index (χ4v) is 3.14. The van der Waals surface area contributed by atoms with Crippen LogP contribution in [0.3, 0.4) is 0 Å². The molecule has 3 N–H and O–H groups in total. The number of rotatable bonds is 7. The standard InChI is InChI=1S/C14H24N2O4S/c1-10(12-8-11(20-4)6-7-13(12)17)15-9-14(2,3)16-21(5,18)19/h6-8,10,15-17H,9H2,1-5H3. The average Bonchev–Trinajstić information content (AvgIpc) is 2.34. The highest BCUT2D eigenvalue weighted by Gasteiger charge is 2.23. The van der Waals surface area contributed by atoms with Crippen LogP contribution in [0.15, 0.2) is 18.2 Å². The number of hydrogen-bond acceptors (Lipinski definition) is 5. The van der Waals surface area contributed by atoms with Gasteiger partial charge >= 0.3 is 0 Å². The molecule has 1 rings (SSSR count). The first-order chi connectivity index (χ1) is 9.54. The van der Waals surface area contributed by atoms with E-state index in [9.17, 15) is 13.5 Å². The van der Waals surface area contributed by atoms with E-state index in [1.165, 1.54) is 0 Å². The van der Waals surface area contributed by atoms with Crippen molar-refractivity contribution >= 4 is 10.0 Å². The monoisotopic (exact) mass is 316 g/mol. The Morgan fingerprint density at radius 1 is 1.38 bits per heavy atom. The fraction of sp³-hybridized carbons (Fsp3) is 0.571. The number of phenols is 1. The Hall–Kier alpha value is -1.31. The van der Waals surface area contributed by atoms with E-state index in [-0.39, 0.29) is 11.8 Å². The molecule has 6 nitrogen and oxygen atoms in total. The molecule has 0 radical (unpaired) electrons. The summed E-state index contributed by atoms with van der Waals surface area (Å²) in [7, 11) is -1.71. The van der Waals surface area contributed by atoms with Gasteiger partial charge in [-0.1, -0.05) is 0 Å². The maximum Gasteiger partial charge on any atom is 0.209 e. The first-order valence-corrected chi connectivity index (χ1v) is 8.52. The predicted molar refractivity (Wildman–Crippen MR) is 83.1 cm³/mol. The number of benzene rings is 1. The summed E-state index contributed by atoms with van der Waals surface area (Å²) in [6.45, 7) is 5.89. The summed E-state index contributed by atoms with van der Waals surface area (Å²) in [5, 5.41) is 13.1. The summed E-state index contributed by atoms with van der Waals surface area (Å²) >= 11 is 0. The van der Waals surface area contributed by atoms with Crippen molar-refractivity contribution in [2.24, 2.45) is 0 Å². The van der Waals surface area contributed by atoms with Gasteiger partial charge in [0, 0.05) is 23.7 Å². The van der Waals surface area contributed by atoms with Crippen LogP contribution in [-0.4, -0.2) is 39.0 Å². The van der Waals surface area contributed by atoms with E-state index >= 15 is 0 Å². The molecule has 0 fully saturated rings. The van der Waals surface area contributed by atoms with E-state index in [4.69, 9.17) is 4.74 Å². The molecule has 0 saturated heterocycles. The highest BCUT2D eigenvalue weighted by Crippen LogP contribution is 2.28. The van der Waals surface area contributed by atoms with Gasteiger partial charge in [-0.3, -0.25) is 0 Å². The molecule has 1 unspecified atom stereocenters. The number of ether oxygens (including phenoxy) is 1. The summed E-state index contributed by atoms with van der Waals surface area (Å²) in [6, 6.07) is 4.86. The topological polar surface area (TPSA) is 87.7 Å². The van der Waals surface area contributed by atoms with Gasteiger partial charge in [-0.05, 0) is 39.0 Å². The van der Waals surface area contributed by atoms with Crippen LogP contribution in [0, 0.1) is 0 Å². The zero-order valence-corrected chi connectivity index (χ0v) is 13.9. The van der Waals surface area contributed by atoms with Crippen molar-refractivity contribution in [1.29, 1.82) is 0 Å². The normalized spacial score (nSPS) is 14.0. The van der Waals surface area contributed by atoms with E-state index < -0.39 is 15.6 Å². The first kappa shape index (κ1) is 17.7. The Balaban J connectivity index is 2.76. The third-order valence-corrected chi connectivity index (χ3v) is 3.94. The van der Waals surface area contributed by atoms with E-state index in [0.29, 0.717) is 17.9 Å². The molecular weight excluding hydrogens is 292 g/mol. The molecule has 120 valence electrons. The minimum atomic E-state index is -3.27. The Morgan fingerprint density at radius 3 is 2.52 bits per heavy atom. The van der Waals surface area contributed by atoms with E-state index in [1.54, 1.807) is 39.2 Å². The van der Waals surface area contributed by atoms with Gasteiger partial charge in [0.15, 0.2) is 0 Å². The lowest BCUT2D eigenvalue weighted by molar-refractivity contribution is 0.386. The van der Waals surface area contributed by atoms with Crippen molar-refractivity contribution in [2.75, 3.05) is 19.9 Å². The number of sulfonamides is 1. The van der Waals surface area contributed by atoms with Crippen molar-refractivity contribution in [1.82, 2.24) is 10.0 Å². The summed E-state index contributed by atoms with van der Waals surface area (Å²) < 4.78 is 30.3. The molecule has 0 spiro atoms. The molecule has 7 heteroatoms. The highest BCUT2D eigenvalue weighted by molar-refractivity contribution is 7.88. The van der Waals surface area contributed by atoms with Gasteiger partial charge in [-0.2, -0.15) is 0 Å². The van der Waals surface area contributed by atoms with Gasteiger partial charge in [-0.25, -0.2) is 13.1 Å². The Morgan fingerprint density at radius 2 is 2.00 bits per heavy atom. The lowest BCUT2D eigenvalue weighted by Gasteiger charge is -2.28. The maximum atomic E-state index is 11.3. The molecule has 0 aliphatic carbocycles. The average molecular weight is 316 g/mol. The molecule has 0 amide bonds. The molecule has 0 heterocycles. The van der Waals surface area contributed by atoms with Crippen LogP contribution in [0.25, 0.3) is 0 Å². The summed E-state index contributed by atoms with van der Waals surface area (Å²) in [5.41, 5.74) is 0.0700. The molecule has 0 aliphatic heterocycles. The minimum Gasteiger partial charge on any atom is -0.508 e. The van der Waals surface area contributed by atoms with Crippen LogP contribution in [0.2, 0.25) is 0 Å². The second-order valence-corrected chi connectivity index (χ2v) is 7.53. The molecule has 21 heavy (non-hydrogen) atoms. The molecule has 1 aromatic rings. The third kappa shape index (κ3) is 5.91. The van der Waals surface area contributed by atoms with Gasteiger partial charge in [0.1, 0.15) is 11.5 Å². The van der Waals surface area contributed by atoms with E-state index in [0.717, 1.165) is 6.26 Å². The lowest BCUT2D eigenvalue weighted by Crippen LogP contribution is -2.50. The van der Waals surface area contributed by atoms with Gasteiger partial charge < -0.3 is 15.2 Å². The zero-order chi connectivity index (χ0) is 16.3. The Kier molecular flexibility index (Phi) is 5.61.